The minimum absolute atomic E-state index is 0. The summed E-state index contributed by atoms with van der Waals surface area (Å²) >= 11 is 0. The summed E-state index contributed by atoms with van der Waals surface area (Å²) in [6.45, 7) is 3.83. The summed E-state index contributed by atoms with van der Waals surface area (Å²) in [6, 6.07) is 0. The maximum Gasteiger partial charge on any atom is 0.334 e. The fourth-order valence-electron chi connectivity index (χ4n) is 7.86. The molecule has 0 aromatic rings. The number of ether oxygens (including phenoxy) is 5. The predicted molar refractivity (Wildman–Crippen MR) is 108 cm³/mol. The zero-order valence-corrected chi connectivity index (χ0v) is 20.1. The van der Waals surface area contributed by atoms with Gasteiger partial charge in [-0.25, -0.2) is 4.79 Å². The molecule has 182 valence electrons. The first-order valence-electron chi connectivity index (χ1n) is 10.9. The van der Waals surface area contributed by atoms with Gasteiger partial charge in [0, 0.05) is 25.8 Å². The maximum atomic E-state index is 12.2. The van der Waals surface area contributed by atoms with E-state index >= 15 is 0 Å². The molecule has 7 rings (SSSR count). The number of hydrogen-bond donors (Lipinski definition) is 0. The predicted octanol–water partition coefficient (Wildman–Crippen LogP) is 0.585. The van der Waals surface area contributed by atoms with Crippen molar-refractivity contribution in [1.82, 2.24) is 0 Å². The van der Waals surface area contributed by atoms with E-state index in [1.807, 2.05) is 6.92 Å². The van der Waals surface area contributed by atoms with E-state index in [-0.39, 0.29) is 50.5 Å². The van der Waals surface area contributed by atoms with Crippen LogP contribution in [-0.2, 0) is 37.6 Å². The highest BCUT2D eigenvalue weighted by Gasteiger charge is 3.00. The third-order valence-corrected chi connectivity index (χ3v) is 9.67. The van der Waals surface area contributed by atoms with Crippen molar-refractivity contribution in [2.75, 3.05) is 13.4 Å². The lowest BCUT2D eigenvalue weighted by Gasteiger charge is -2.53. The molecule has 0 unspecified atom stereocenters. The summed E-state index contributed by atoms with van der Waals surface area (Å²) in [5.41, 5.74) is -0.526. The van der Waals surface area contributed by atoms with E-state index in [2.05, 4.69) is 11.4 Å². The van der Waals surface area contributed by atoms with E-state index in [1.165, 1.54) is 0 Å². The van der Waals surface area contributed by atoms with Crippen LogP contribution in [0, 0.1) is 26.2 Å². The molecule has 2 saturated carbocycles. The van der Waals surface area contributed by atoms with Gasteiger partial charge in [-0.1, -0.05) is 13.8 Å². The van der Waals surface area contributed by atoms with Crippen LogP contribution in [0.1, 0.15) is 39.5 Å². The Labute approximate surface area is 193 Å². The Morgan fingerprint density at radius 1 is 1.18 bits per heavy atom. The number of phosphoric ester groups is 1. The van der Waals surface area contributed by atoms with Gasteiger partial charge in [-0.15, -0.1) is 0 Å². The lowest BCUT2D eigenvalue weighted by atomic mass is 9.47. The quantitative estimate of drug-likeness (QED) is 0.179. The second-order valence-corrected chi connectivity index (χ2v) is 11.2. The van der Waals surface area contributed by atoms with Gasteiger partial charge in [0.1, 0.15) is 36.1 Å². The van der Waals surface area contributed by atoms with E-state index in [4.69, 9.17) is 23.7 Å². The number of cyclic esters (lactones) is 1. The van der Waals surface area contributed by atoms with Gasteiger partial charge in [0.05, 0.1) is 13.9 Å². The van der Waals surface area contributed by atoms with Crippen molar-refractivity contribution in [3.8, 4) is 0 Å². The lowest BCUT2D eigenvalue weighted by Crippen LogP contribution is -2.69. The van der Waals surface area contributed by atoms with Crippen LogP contribution in [0.3, 0.4) is 0 Å². The maximum absolute atomic E-state index is 12.2. The summed E-state index contributed by atoms with van der Waals surface area (Å²) in [4.78, 5) is 34.1. The molecule has 10 nitrogen and oxygen atoms in total. The number of fused-ring (bicyclic) bond motifs is 4. The van der Waals surface area contributed by atoms with Crippen LogP contribution in [0.5, 0.6) is 0 Å². The van der Waals surface area contributed by atoms with Gasteiger partial charge in [0.15, 0.2) is 12.4 Å². The molecule has 5 fully saturated rings. The SMILES string of the molecule is CC[C@]12O[C@H]1[C@@H]1O[C@]13[C@]1(O[C@H]1C[C@H]1C4=C(CC[C@@]13C)C(=O)OC4)[C@@H]2OCOP(=O)([O-])[O-].[CH3+].[CH3+]. The van der Waals surface area contributed by atoms with Gasteiger partial charge in [-0.2, -0.15) is 0 Å². The smallest absolute Gasteiger partial charge is 0.334 e. The summed E-state index contributed by atoms with van der Waals surface area (Å²) < 4.78 is 45.7. The number of phosphoric acid groups is 1. The monoisotopic (exact) mass is 484 g/mol. The lowest BCUT2D eigenvalue weighted by molar-refractivity contribution is -0.348. The van der Waals surface area contributed by atoms with Gasteiger partial charge >= 0.3 is 5.97 Å². The summed E-state index contributed by atoms with van der Waals surface area (Å²) in [5.74, 6) is -0.116. The summed E-state index contributed by atoms with van der Waals surface area (Å²) in [5, 5.41) is 0. The van der Waals surface area contributed by atoms with Crippen LogP contribution in [0.15, 0.2) is 11.1 Å². The molecule has 0 N–H and O–H groups in total. The standard InChI is InChI=1S/C20H25O10P.2CH3/c1-3-18-13(29-18)14-20(30-14)17(2)5-4-9-10(7-25-15(9)21)11(17)6-12-19(20,28-12)16(18)26-8-27-31(22,23)24;;/h11-14,16H,3-8H2,1-2H3,(H2,22,23,24);2*1H3/q;2*+1/p-2/t11-,12-,13-,14-,16+,17-,18-,19+,20+;;/m0../s1. The van der Waals surface area contributed by atoms with Crippen molar-refractivity contribution in [3.63, 3.8) is 0 Å². The molecule has 4 heterocycles. The van der Waals surface area contributed by atoms with Crippen LogP contribution in [0.2, 0.25) is 0 Å². The summed E-state index contributed by atoms with van der Waals surface area (Å²) in [7, 11) is -5.17. The molecule has 33 heavy (non-hydrogen) atoms. The van der Waals surface area contributed by atoms with Gasteiger partial charge < -0.3 is 42.6 Å². The van der Waals surface area contributed by atoms with E-state index < -0.39 is 37.5 Å². The van der Waals surface area contributed by atoms with Crippen LogP contribution < -0.4 is 9.79 Å². The molecular formula is C22H29O10P. The molecule has 0 aromatic heterocycles. The van der Waals surface area contributed by atoms with Crippen molar-refractivity contribution in [2.24, 2.45) is 11.3 Å². The third kappa shape index (κ3) is 2.44. The number of carbonyl (C=O) groups is 1. The van der Waals surface area contributed by atoms with Gasteiger partial charge in [0.25, 0.3) is 0 Å². The van der Waals surface area contributed by atoms with E-state index in [0.29, 0.717) is 25.9 Å². The Hall–Kier alpha value is -1.10. The van der Waals surface area contributed by atoms with Crippen molar-refractivity contribution in [1.29, 1.82) is 0 Å². The molecule has 0 aromatic carbocycles. The minimum Gasteiger partial charge on any atom is -0.790 e. The van der Waals surface area contributed by atoms with Gasteiger partial charge in [0.2, 0.25) is 0 Å². The molecule has 7 aliphatic rings. The average Bonchev–Trinajstić information content (AvgIpc) is 3.60. The van der Waals surface area contributed by atoms with Crippen molar-refractivity contribution < 1.29 is 47.4 Å². The Balaban J connectivity index is 0.00000114. The molecule has 3 saturated heterocycles. The fraction of sp³-hybridized carbons (Fsp3) is 0.773. The van der Waals surface area contributed by atoms with E-state index in [1.54, 1.807) is 0 Å². The van der Waals surface area contributed by atoms with E-state index in [9.17, 15) is 19.1 Å². The topological polar surface area (TPSA) is 146 Å². The van der Waals surface area contributed by atoms with Crippen molar-refractivity contribution in [2.45, 2.75) is 80.7 Å². The molecule has 0 bridgehead atoms. The highest BCUT2D eigenvalue weighted by atomic mass is 31.2. The minimum atomic E-state index is -5.17. The number of esters is 1. The summed E-state index contributed by atoms with van der Waals surface area (Å²) in [6.07, 6.45) is 1.62. The first-order valence-corrected chi connectivity index (χ1v) is 12.3. The second-order valence-electron chi connectivity index (χ2n) is 10.0. The molecular weight excluding hydrogens is 455 g/mol. The number of carbonyl (C=O) groups excluding carboxylic acids is 1. The number of epoxide rings is 3. The first kappa shape index (κ1) is 23.6. The van der Waals surface area contributed by atoms with Crippen LogP contribution in [0.4, 0.5) is 0 Å². The van der Waals surface area contributed by atoms with Gasteiger partial charge in [-0.05, 0) is 37.2 Å². The number of hydrogen-bond acceptors (Lipinski definition) is 10. The molecule has 3 aliphatic carbocycles. The van der Waals surface area contributed by atoms with E-state index in [0.717, 1.165) is 17.6 Å². The Kier molecular flexibility index (Phi) is 4.70. The Morgan fingerprint density at radius 2 is 1.94 bits per heavy atom. The Bertz CT molecular complexity index is 992. The zero-order valence-electron chi connectivity index (χ0n) is 19.2. The fourth-order valence-corrected chi connectivity index (χ4v) is 8.05. The molecule has 4 aliphatic heterocycles. The normalized spacial score (nSPS) is 51.9. The second kappa shape index (κ2) is 6.56. The Morgan fingerprint density at radius 3 is 2.64 bits per heavy atom. The van der Waals surface area contributed by atoms with Gasteiger partial charge in [-0.3, -0.25) is 0 Å². The highest BCUT2D eigenvalue weighted by Crippen LogP contribution is 2.83. The molecule has 9 atom stereocenters. The molecule has 2 spiro atoms. The highest BCUT2D eigenvalue weighted by molar-refractivity contribution is 7.43. The molecule has 11 heteroatoms. The largest absolute Gasteiger partial charge is 0.790 e. The zero-order chi connectivity index (χ0) is 21.6. The molecule has 0 amide bonds. The molecule has 0 radical (unpaired) electrons. The average molecular weight is 484 g/mol. The first-order chi connectivity index (χ1) is 14.6. The third-order valence-electron chi connectivity index (χ3n) is 9.25. The van der Waals surface area contributed by atoms with Crippen molar-refractivity contribution in [3.05, 3.63) is 26.0 Å². The van der Waals surface area contributed by atoms with Crippen LogP contribution >= 0.6 is 7.82 Å². The van der Waals surface area contributed by atoms with Crippen molar-refractivity contribution >= 4 is 13.8 Å². The van der Waals surface area contributed by atoms with Crippen LogP contribution in [0.25, 0.3) is 0 Å². The number of rotatable bonds is 5. The van der Waals surface area contributed by atoms with Crippen LogP contribution in [-0.4, -0.2) is 60.6 Å².